The lowest BCUT2D eigenvalue weighted by Gasteiger charge is -2.45. The van der Waals surface area contributed by atoms with Gasteiger partial charge in [0, 0.05) is 25.6 Å². The first kappa shape index (κ1) is 15.8. The Bertz CT molecular complexity index is 343. The summed E-state index contributed by atoms with van der Waals surface area (Å²) >= 11 is 0. The molecule has 1 N–H and O–H groups in total. The van der Waals surface area contributed by atoms with Crippen LogP contribution in [0.25, 0.3) is 0 Å². The maximum absolute atomic E-state index is 12.7. The maximum atomic E-state index is 12.7. The Morgan fingerprint density at radius 1 is 1.15 bits per heavy atom. The zero-order valence-electron chi connectivity index (χ0n) is 13.1. The van der Waals surface area contributed by atoms with Crippen molar-refractivity contribution >= 4 is 5.91 Å². The minimum Gasteiger partial charge on any atom is -0.393 e. The van der Waals surface area contributed by atoms with Gasteiger partial charge in [0.15, 0.2) is 0 Å². The van der Waals surface area contributed by atoms with Gasteiger partial charge >= 0.3 is 0 Å². The Balaban J connectivity index is 2.14. The van der Waals surface area contributed by atoms with E-state index >= 15 is 0 Å². The summed E-state index contributed by atoms with van der Waals surface area (Å²) in [5, 5.41) is 10.3. The van der Waals surface area contributed by atoms with Gasteiger partial charge in [-0.2, -0.15) is 0 Å². The van der Waals surface area contributed by atoms with Crippen molar-refractivity contribution in [2.45, 2.75) is 76.5 Å². The summed E-state index contributed by atoms with van der Waals surface area (Å²) in [4.78, 5) is 14.7. The molecule has 1 saturated carbocycles. The molecule has 1 aliphatic heterocycles. The lowest BCUT2D eigenvalue weighted by molar-refractivity contribution is -0.158. The van der Waals surface area contributed by atoms with Gasteiger partial charge in [-0.25, -0.2) is 0 Å². The Kier molecular flexibility index (Phi) is 5.08. The summed E-state index contributed by atoms with van der Waals surface area (Å²) in [5.41, 5.74) is -0.769. The van der Waals surface area contributed by atoms with Gasteiger partial charge in [-0.1, -0.05) is 12.8 Å². The van der Waals surface area contributed by atoms with Crippen LogP contribution in [0.4, 0.5) is 0 Å². The number of methoxy groups -OCH3 is 1. The molecule has 1 saturated heterocycles. The highest BCUT2D eigenvalue weighted by molar-refractivity contribution is 5.84. The molecule has 0 aromatic rings. The number of piperidine rings is 1. The van der Waals surface area contributed by atoms with Gasteiger partial charge in [0.1, 0.15) is 5.60 Å². The molecule has 2 aliphatic rings. The molecule has 20 heavy (non-hydrogen) atoms. The summed E-state index contributed by atoms with van der Waals surface area (Å²) in [7, 11) is 1.59. The van der Waals surface area contributed by atoms with E-state index in [-0.39, 0.29) is 24.0 Å². The van der Waals surface area contributed by atoms with E-state index in [1.807, 2.05) is 18.7 Å². The Hall–Kier alpha value is -0.610. The van der Waals surface area contributed by atoms with Crippen molar-refractivity contribution in [2.24, 2.45) is 5.92 Å². The van der Waals surface area contributed by atoms with Crippen LogP contribution in [0.3, 0.4) is 0 Å². The first-order valence-electron chi connectivity index (χ1n) is 8.01. The lowest BCUT2D eigenvalue weighted by Crippen LogP contribution is -2.56. The highest BCUT2D eigenvalue weighted by atomic mass is 16.5. The number of carbonyl (C=O) groups is 1. The number of amides is 1. The molecule has 2 rings (SSSR count). The van der Waals surface area contributed by atoms with Crippen molar-refractivity contribution in [2.75, 3.05) is 13.7 Å². The molecule has 2 fully saturated rings. The maximum Gasteiger partial charge on any atom is 0.254 e. The van der Waals surface area contributed by atoms with E-state index in [0.29, 0.717) is 0 Å². The predicted molar refractivity (Wildman–Crippen MR) is 78.4 cm³/mol. The number of hydrogen-bond donors (Lipinski definition) is 1. The quantitative estimate of drug-likeness (QED) is 0.865. The minimum atomic E-state index is -0.769. The Labute approximate surface area is 122 Å². The fraction of sp³-hybridized carbons (Fsp3) is 0.938. The largest absolute Gasteiger partial charge is 0.393 e. The molecule has 0 aromatic carbocycles. The number of carbonyl (C=O) groups excluding carboxylic acids is 1. The van der Waals surface area contributed by atoms with Crippen molar-refractivity contribution in [3.63, 3.8) is 0 Å². The monoisotopic (exact) mass is 283 g/mol. The smallest absolute Gasteiger partial charge is 0.254 e. The third kappa shape index (κ3) is 3.17. The first-order chi connectivity index (χ1) is 9.47. The second-order valence-electron chi connectivity index (χ2n) is 6.79. The second kappa shape index (κ2) is 6.44. The molecular weight excluding hydrogens is 254 g/mol. The molecule has 1 heterocycles. The number of aliphatic hydroxyl groups is 1. The van der Waals surface area contributed by atoms with Crippen LogP contribution in [0.2, 0.25) is 0 Å². The van der Waals surface area contributed by atoms with Crippen LogP contribution in [0.1, 0.15) is 58.8 Å². The topological polar surface area (TPSA) is 49.8 Å². The van der Waals surface area contributed by atoms with Gasteiger partial charge in [0.2, 0.25) is 0 Å². The van der Waals surface area contributed by atoms with Crippen LogP contribution >= 0.6 is 0 Å². The van der Waals surface area contributed by atoms with E-state index in [1.165, 1.54) is 6.42 Å². The molecule has 0 bridgehead atoms. The zero-order valence-corrected chi connectivity index (χ0v) is 13.1. The summed E-state index contributed by atoms with van der Waals surface area (Å²) in [5.74, 6) is 0.322. The SMILES string of the molecule is COC(C)(C)C(=O)N1CCCCC1C1CCCCC1O. The number of ether oxygens (including phenoxy) is 1. The first-order valence-corrected chi connectivity index (χ1v) is 8.01. The minimum absolute atomic E-state index is 0.0717. The van der Waals surface area contributed by atoms with Gasteiger partial charge in [0.05, 0.1) is 6.10 Å². The predicted octanol–water partition coefficient (Wildman–Crippen LogP) is 2.34. The van der Waals surface area contributed by atoms with Crippen LogP contribution in [-0.4, -0.2) is 47.3 Å². The van der Waals surface area contributed by atoms with Gasteiger partial charge in [-0.3, -0.25) is 4.79 Å². The number of rotatable bonds is 3. The van der Waals surface area contributed by atoms with Gasteiger partial charge in [-0.05, 0) is 46.0 Å². The molecular formula is C16H29NO3. The van der Waals surface area contributed by atoms with Crippen molar-refractivity contribution in [1.82, 2.24) is 4.90 Å². The average Bonchev–Trinajstić information content (AvgIpc) is 2.47. The summed E-state index contributed by atoms with van der Waals surface area (Å²) in [6, 6.07) is 0.195. The van der Waals surface area contributed by atoms with Crippen LogP contribution < -0.4 is 0 Å². The van der Waals surface area contributed by atoms with Gasteiger partial charge < -0.3 is 14.7 Å². The summed E-state index contributed by atoms with van der Waals surface area (Å²) < 4.78 is 5.36. The van der Waals surface area contributed by atoms with Crippen molar-refractivity contribution < 1.29 is 14.6 Å². The average molecular weight is 283 g/mol. The molecule has 0 aromatic heterocycles. The normalized spacial score (nSPS) is 32.2. The van der Waals surface area contributed by atoms with Gasteiger partial charge in [0.25, 0.3) is 5.91 Å². The van der Waals surface area contributed by atoms with E-state index in [1.54, 1.807) is 7.11 Å². The van der Waals surface area contributed by atoms with Crippen LogP contribution in [0, 0.1) is 5.92 Å². The number of nitrogens with zero attached hydrogens (tertiary/aromatic N) is 1. The third-order valence-electron chi connectivity index (χ3n) is 5.11. The van der Waals surface area contributed by atoms with E-state index < -0.39 is 5.60 Å². The molecule has 4 heteroatoms. The van der Waals surface area contributed by atoms with Crippen LogP contribution in [-0.2, 0) is 9.53 Å². The van der Waals surface area contributed by atoms with E-state index in [0.717, 1.165) is 45.1 Å². The fourth-order valence-corrected chi connectivity index (χ4v) is 3.68. The highest BCUT2D eigenvalue weighted by Gasteiger charge is 2.41. The van der Waals surface area contributed by atoms with E-state index in [4.69, 9.17) is 4.74 Å². The molecule has 116 valence electrons. The molecule has 0 radical (unpaired) electrons. The third-order valence-corrected chi connectivity index (χ3v) is 5.11. The molecule has 1 amide bonds. The molecule has 3 unspecified atom stereocenters. The van der Waals surface area contributed by atoms with Crippen molar-refractivity contribution in [3.05, 3.63) is 0 Å². The summed E-state index contributed by atoms with van der Waals surface area (Å²) in [6.07, 6.45) is 7.21. The number of likely N-dealkylation sites (tertiary alicyclic amines) is 1. The standard InChI is InChI=1S/C16H29NO3/c1-16(2,20-3)15(19)17-11-7-6-9-13(17)12-8-4-5-10-14(12)18/h12-14,18H,4-11H2,1-3H3. The van der Waals surface area contributed by atoms with Crippen molar-refractivity contribution in [1.29, 1.82) is 0 Å². The van der Waals surface area contributed by atoms with Crippen LogP contribution in [0.15, 0.2) is 0 Å². The Morgan fingerprint density at radius 3 is 2.45 bits per heavy atom. The van der Waals surface area contributed by atoms with Crippen LogP contribution in [0.5, 0.6) is 0 Å². The Morgan fingerprint density at radius 2 is 1.80 bits per heavy atom. The fourth-order valence-electron chi connectivity index (χ4n) is 3.68. The lowest BCUT2D eigenvalue weighted by atomic mass is 9.77. The highest BCUT2D eigenvalue weighted by Crippen LogP contribution is 2.35. The zero-order chi connectivity index (χ0) is 14.8. The summed E-state index contributed by atoms with van der Waals surface area (Å²) in [6.45, 7) is 4.47. The molecule has 4 nitrogen and oxygen atoms in total. The number of hydrogen-bond acceptors (Lipinski definition) is 3. The molecule has 1 aliphatic carbocycles. The second-order valence-corrected chi connectivity index (χ2v) is 6.79. The van der Waals surface area contributed by atoms with E-state index in [9.17, 15) is 9.90 Å². The van der Waals surface area contributed by atoms with Crippen molar-refractivity contribution in [3.8, 4) is 0 Å². The molecule has 0 spiro atoms. The van der Waals surface area contributed by atoms with E-state index in [2.05, 4.69) is 0 Å². The number of aliphatic hydroxyl groups excluding tert-OH is 1. The molecule has 3 atom stereocenters. The van der Waals surface area contributed by atoms with Gasteiger partial charge in [-0.15, -0.1) is 0 Å².